The lowest BCUT2D eigenvalue weighted by Gasteiger charge is -2.17. The highest BCUT2D eigenvalue weighted by molar-refractivity contribution is 8.01. The summed E-state index contributed by atoms with van der Waals surface area (Å²) in [4.78, 5) is 0.469. The molecule has 0 aliphatic heterocycles. The molecule has 4 heteroatoms. The maximum absolute atomic E-state index is 13.7. The Kier molecular flexibility index (Phi) is 6.11. The molecule has 0 atom stereocenters. The van der Waals surface area contributed by atoms with Crippen molar-refractivity contribution in [2.75, 3.05) is 0 Å². The number of sulfone groups is 1. The summed E-state index contributed by atoms with van der Waals surface area (Å²) in [7, 11) is -3.81. The van der Waals surface area contributed by atoms with Gasteiger partial charge in [-0.25, -0.2) is 8.42 Å². The second kappa shape index (κ2) is 8.72. The molecule has 3 aromatic carbocycles. The van der Waals surface area contributed by atoms with Crippen LogP contribution < -0.4 is 0 Å². The summed E-state index contributed by atoms with van der Waals surface area (Å²) in [6, 6.07) is 25.0. The molecule has 0 unspecified atom stereocenters. The molecule has 144 valence electrons. The van der Waals surface area contributed by atoms with Crippen LogP contribution in [-0.2, 0) is 9.84 Å². The first kappa shape index (κ1) is 20.3. The summed E-state index contributed by atoms with van der Waals surface area (Å²) >= 11 is 0. The predicted octanol–water partition coefficient (Wildman–Crippen LogP) is 5.79. The fourth-order valence-corrected chi connectivity index (χ4v) is 4.85. The SMILES string of the molecule is C=CC/C(=C(\c1ccc(C#N)cc1)S(=O)(=O)c1ccc(C)cc1)c1ccccc1. The Labute approximate surface area is 172 Å². The number of nitriles is 1. The summed E-state index contributed by atoms with van der Waals surface area (Å²) in [5.41, 5.74) is 3.51. The summed E-state index contributed by atoms with van der Waals surface area (Å²) in [5.74, 6) is 0. The van der Waals surface area contributed by atoms with Gasteiger partial charge in [0.25, 0.3) is 0 Å². The standard InChI is InChI=1S/C25H21NO2S/c1-3-7-24(21-8-5-4-6-9-21)25(22-14-12-20(18-26)13-15-22)29(27,28)23-16-10-19(2)11-17-23/h3-6,8-17H,1,7H2,2H3/b25-24-. The Hall–Kier alpha value is -3.42. The minimum Gasteiger partial charge on any atom is -0.218 e. The van der Waals surface area contributed by atoms with Crippen LogP contribution in [0.15, 0.2) is 96.4 Å². The van der Waals surface area contributed by atoms with E-state index in [4.69, 9.17) is 5.26 Å². The average molecular weight is 400 g/mol. The molecule has 0 saturated carbocycles. The van der Waals surface area contributed by atoms with E-state index in [2.05, 4.69) is 12.6 Å². The summed E-state index contributed by atoms with van der Waals surface area (Å²) in [6.45, 7) is 5.74. The third-order valence-corrected chi connectivity index (χ3v) is 6.53. The van der Waals surface area contributed by atoms with Gasteiger partial charge in [0.2, 0.25) is 9.84 Å². The molecule has 0 aliphatic rings. The number of allylic oxidation sites excluding steroid dienone is 2. The molecule has 3 aromatic rings. The summed E-state index contributed by atoms with van der Waals surface area (Å²) in [5, 5.41) is 9.11. The van der Waals surface area contributed by atoms with Gasteiger partial charge < -0.3 is 0 Å². The Morgan fingerprint density at radius 3 is 2.10 bits per heavy atom. The largest absolute Gasteiger partial charge is 0.218 e. The van der Waals surface area contributed by atoms with Crippen molar-refractivity contribution in [1.82, 2.24) is 0 Å². The molecule has 0 bridgehead atoms. The van der Waals surface area contributed by atoms with Gasteiger partial charge in [-0.05, 0) is 54.3 Å². The highest BCUT2D eigenvalue weighted by atomic mass is 32.2. The molecule has 0 aromatic heterocycles. The van der Waals surface area contributed by atoms with E-state index >= 15 is 0 Å². The number of hydrogen-bond donors (Lipinski definition) is 0. The van der Waals surface area contributed by atoms with Gasteiger partial charge in [-0.15, -0.1) is 6.58 Å². The van der Waals surface area contributed by atoms with Gasteiger partial charge in [0.1, 0.15) is 0 Å². The molecule has 0 fully saturated rings. The Morgan fingerprint density at radius 2 is 1.55 bits per heavy atom. The van der Waals surface area contributed by atoms with Crippen LogP contribution in [0, 0.1) is 18.3 Å². The Bertz CT molecular complexity index is 1180. The number of benzene rings is 3. The van der Waals surface area contributed by atoms with E-state index in [0.717, 1.165) is 11.1 Å². The molecule has 0 saturated heterocycles. The monoisotopic (exact) mass is 399 g/mol. The van der Waals surface area contributed by atoms with E-state index < -0.39 is 9.84 Å². The first-order valence-electron chi connectivity index (χ1n) is 9.19. The van der Waals surface area contributed by atoms with E-state index in [1.54, 1.807) is 54.6 Å². The van der Waals surface area contributed by atoms with Crippen LogP contribution in [0.5, 0.6) is 0 Å². The summed E-state index contributed by atoms with van der Waals surface area (Å²) < 4.78 is 27.5. The topological polar surface area (TPSA) is 57.9 Å². The van der Waals surface area contributed by atoms with Gasteiger partial charge in [0.15, 0.2) is 0 Å². The van der Waals surface area contributed by atoms with E-state index in [9.17, 15) is 8.42 Å². The third kappa shape index (κ3) is 4.37. The number of hydrogen-bond acceptors (Lipinski definition) is 3. The lowest BCUT2D eigenvalue weighted by Crippen LogP contribution is -2.07. The maximum Gasteiger partial charge on any atom is 0.207 e. The van der Waals surface area contributed by atoms with Crippen molar-refractivity contribution in [3.05, 3.63) is 114 Å². The van der Waals surface area contributed by atoms with Crippen molar-refractivity contribution in [2.45, 2.75) is 18.2 Å². The van der Waals surface area contributed by atoms with Crippen LogP contribution in [0.1, 0.15) is 28.7 Å². The van der Waals surface area contributed by atoms with Gasteiger partial charge >= 0.3 is 0 Å². The fraction of sp³-hybridized carbons (Fsp3) is 0.0800. The van der Waals surface area contributed by atoms with Crippen LogP contribution in [0.25, 0.3) is 10.5 Å². The van der Waals surface area contributed by atoms with E-state index in [-0.39, 0.29) is 9.80 Å². The third-order valence-electron chi connectivity index (χ3n) is 4.62. The first-order chi connectivity index (χ1) is 14.0. The van der Waals surface area contributed by atoms with Crippen molar-refractivity contribution in [3.8, 4) is 6.07 Å². The maximum atomic E-state index is 13.7. The molecule has 0 aliphatic carbocycles. The van der Waals surface area contributed by atoms with E-state index in [0.29, 0.717) is 23.1 Å². The van der Waals surface area contributed by atoms with Crippen molar-refractivity contribution in [1.29, 1.82) is 5.26 Å². The molecule has 3 nitrogen and oxygen atoms in total. The number of rotatable bonds is 6. The van der Waals surface area contributed by atoms with Crippen molar-refractivity contribution >= 4 is 20.3 Å². The fourth-order valence-electron chi connectivity index (χ4n) is 3.15. The minimum atomic E-state index is -3.81. The van der Waals surface area contributed by atoms with Crippen molar-refractivity contribution < 1.29 is 8.42 Å². The number of aryl methyl sites for hydroxylation is 1. The van der Waals surface area contributed by atoms with E-state index in [1.165, 1.54) is 0 Å². The minimum absolute atomic E-state index is 0.233. The average Bonchev–Trinajstić information content (AvgIpc) is 2.74. The highest BCUT2D eigenvalue weighted by Crippen LogP contribution is 2.37. The zero-order chi connectivity index (χ0) is 20.9. The first-order valence-corrected chi connectivity index (χ1v) is 10.7. The molecule has 29 heavy (non-hydrogen) atoms. The Morgan fingerprint density at radius 1 is 0.931 bits per heavy atom. The quantitative estimate of drug-likeness (QED) is 0.390. The van der Waals surface area contributed by atoms with Crippen LogP contribution in [-0.4, -0.2) is 8.42 Å². The van der Waals surface area contributed by atoms with Gasteiger partial charge in [0, 0.05) is 0 Å². The zero-order valence-corrected chi connectivity index (χ0v) is 17.0. The van der Waals surface area contributed by atoms with Crippen molar-refractivity contribution in [2.24, 2.45) is 0 Å². The van der Waals surface area contributed by atoms with Gasteiger partial charge in [-0.3, -0.25) is 0 Å². The second-order valence-corrected chi connectivity index (χ2v) is 8.56. The van der Waals surface area contributed by atoms with Crippen LogP contribution in [0.4, 0.5) is 0 Å². The molecular formula is C25H21NO2S. The molecule has 0 spiro atoms. The van der Waals surface area contributed by atoms with Crippen LogP contribution >= 0.6 is 0 Å². The molecule has 0 amide bonds. The Balaban J connectivity index is 2.35. The smallest absolute Gasteiger partial charge is 0.207 e. The van der Waals surface area contributed by atoms with Crippen LogP contribution in [0.2, 0.25) is 0 Å². The highest BCUT2D eigenvalue weighted by Gasteiger charge is 2.26. The normalized spacial score (nSPS) is 12.0. The second-order valence-electron chi connectivity index (χ2n) is 6.67. The molecular weight excluding hydrogens is 378 g/mol. The lowest BCUT2D eigenvalue weighted by atomic mass is 9.99. The molecule has 3 rings (SSSR count). The lowest BCUT2D eigenvalue weighted by molar-refractivity contribution is 0.606. The van der Waals surface area contributed by atoms with Crippen LogP contribution in [0.3, 0.4) is 0 Å². The van der Waals surface area contributed by atoms with Gasteiger partial charge in [-0.2, -0.15) is 5.26 Å². The van der Waals surface area contributed by atoms with Crippen molar-refractivity contribution in [3.63, 3.8) is 0 Å². The molecule has 0 radical (unpaired) electrons. The van der Waals surface area contributed by atoms with Gasteiger partial charge in [0.05, 0.1) is 21.4 Å². The number of nitrogens with zero attached hydrogens (tertiary/aromatic N) is 1. The predicted molar refractivity (Wildman–Crippen MR) is 118 cm³/mol. The molecule has 0 N–H and O–H groups in total. The molecule has 0 heterocycles. The summed E-state index contributed by atoms with van der Waals surface area (Å²) in [6.07, 6.45) is 2.10. The van der Waals surface area contributed by atoms with Gasteiger partial charge in [-0.1, -0.05) is 66.2 Å². The van der Waals surface area contributed by atoms with E-state index in [1.807, 2.05) is 37.3 Å². The zero-order valence-electron chi connectivity index (χ0n) is 16.2.